The Morgan fingerprint density at radius 1 is 1.35 bits per heavy atom. The standard InChI is InChI=1S/C11H13NO5/c1-2-17-10(15)6-12-11(16)8-5-7(13)3-4-9(8)14/h3-5,13-14H,2,6H2,1H3,(H,12,16). The van der Waals surface area contributed by atoms with Gasteiger partial charge in [-0.15, -0.1) is 0 Å². The van der Waals surface area contributed by atoms with Crippen LogP contribution in [0.4, 0.5) is 0 Å². The number of ether oxygens (including phenoxy) is 1. The van der Waals surface area contributed by atoms with Crippen molar-refractivity contribution in [3.63, 3.8) is 0 Å². The second-order valence-electron chi connectivity index (χ2n) is 3.19. The zero-order valence-electron chi connectivity index (χ0n) is 9.27. The smallest absolute Gasteiger partial charge is 0.325 e. The highest BCUT2D eigenvalue weighted by Gasteiger charge is 2.13. The van der Waals surface area contributed by atoms with E-state index in [2.05, 4.69) is 10.1 Å². The Morgan fingerprint density at radius 2 is 2.06 bits per heavy atom. The molecular formula is C11H13NO5. The number of hydrogen-bond donors (Lipinski definition) is 3. The van der Waals surface area contributed by atoms with Crippen LogP contribution in [0, 0.1) is 0 Å². The van der Waals surface area contributed by atoms with Crippen molar-refractivity contribution in [3.05, 3.63) is 23.8 Å². The minimum atomic E-state index is -0.661. The van der Waals surface area contributed by atoms with Gasteiger partial charge in [-0.1, -0.05) is 0 Å². The molecule has 3 N–H and O–H groups in total. The Balaban J connectivity index is 2.64. The fourth-order valence-electron chi connectivity index (χ4n) is 1.17. The van der Waals surface area contributed by atoms with E-state index >= 15 is 0 Å². The number of benzene rings is 1. The first-order valence-corrected chi connectivity index (χ1v) is 5.00. The van der Waals surface area contributed by atoms with Gasteiger partial charge in [0.05, 0.1) is 12.2 Å². The maximum absolute atomic E-state index is 11.5. The monoisotopic (exact) mass is 239 g/mol. The summed E-state index contributed by atoms with van der Waals surface area (Å²) in [4.78, 5) is 22.5. The molecule has 0 aliphatic rings. The summed E-state index contributed by atoms with van der Waals surface area (Å²) < 4.78 is 4.62. The third kappa shape index (κ3) is 3.67. The van der Waals surface area contributed by atoms with Gasteiger partial charge in [-0.05, 0) is 25.1 Å². The highest BCUT2D eigenvalue weighted by Crippen LogP contribution is 2.21. The highest BCUT2D eigenvalue weighted by atomic mass is 16.5. The lowest BCUT2D eigenvalue weighted by Crippen LogP contribution is -2.30. The number of phenolic OH excluding ortho intramolecular Hbond substituents is 2. The first kappa shape index (κ1) is 12.8. The molecule has 0 radical (unpaired) electrons. The normalized spacial score (nSPS) is 9.71. The number of amides is 1. The molecule has 0 aliphatic heterocycles. The van der Waals surface area contributed by atoms with E-state index in [-0.39, 0.29) is 30.2 Å². The van der Waals surface area contributed by atoms with Gasteiger partial charge in [0.25, 0.3) is 5.91 Å². The third-order valence-electron chi connectivity index (χ3n) is 1.92. The zero-order valence-corrected chi connectivity index (χ0v) is 9.27. The quantitative estimate of drug-likeness (QED) is 0.521. The minimum absolute atomic E-state index is 0.103. The molecule has 1 rings (SSSR count). The lowest BCUT2D eigenvalue weighted by Gasteiger charge is -2.06. The van der Waals surface area contributed by atoms with Crippen LogP contribution in [-0.2, 0) is 9.53 Å². The summed E-state index contributed by atoms with van der Waals surface area (Å²) in [6, 6.07) is 3.54. The van der Waals surface area contributed by atoms with Crippen molar-refractivity contribution < 1.29 is 24.5 Å². The van der Waals surface area contributed by atoms with Crippen LogP contribution < -0.4 is 5.32 Å². The number of nitrogens with one attached hydrogen (secondary N) is 1. The van der Waals surface area contributed by atoms with Gasteiger partial charge < -0.3 is 20.3 Å². The van der Waals surface area contributed by atoms with Crippen LogP contribution in [0.15, 0.2) is 18.2 Å². The maximum atomic E-state index is 11.5. The topological polar surface area (TPSA) is 95.9 Å². The van der Waals surface area contributed by atoms with Crippen LogP contribution in [-0.4, -0.2) is 35.2 Å². The number of carbonyl (C=O) groups is 2. The van der Waals surface area contributed by atoms with Crippen molar-refractivity contribution in [1.82, 2.24) is 5.32 Å². The van der Waals surface area contributed by atoms with Gasteiger partial charge in [0.15, 0.2) is 0 Å². The lowest BCUT2D eigenvalue weighted by atomic mass is 10.2. The molecule has 92 valence electrons. The summed E-state index contributed by atoms with van der Waals surface area (Å²) in [6.45, 7) is 1.59. The number of phenols is 2. The first-order valence-electron chi connectivity index (χ1n) is 5.00. The van der Waals surface area contributed by atoms with Gasteiger partial charge in [-0.3, -0.25) is 9.59 Å². The van der Waals surface area contributed by atoms with Gasteiger partial charge in [0.2, 0.25) is 0 Å². The van der Waals surface area contributed by atoms with Crippen LogP contribution in [0.25, 0.3) is 0 Å². The van der Waals surface area contributed by atoms with Crippen LogP contribution in [0.5, 0.6) is 11.5 Å². The van der Waals surface area contributed by atoms with Crippen LogP contribution in [0.1, 0.15) is 17.3 Å². The number of hydrogen-bond acceptors (Lipinski definition) is 5. The predicted octanol–water partition coefficient (Wildman–Crippen LogP) is 0.391. The molecule has 0 saturated carbocycles. The molecule has 17 heavy (non-hydrogen) atoms. The first-order chi connectivity index (χ1) is 8.04. The molecule has 0 unspecified atom stereocenters. The molecule has 1 aromatic carbocycles. The molecule has 0 aliphatic carbocycles. The Bertz CT molecular complexity index is 430. The molecule has 0 spiro atoms. The molecule has 0 heterocycles. The Morgan fingerprint density at radius 3 is 2.71 bits per heavy atom. The average Bonchev–Trinajstić information content (AvgIpc) is 2.29. The molecule has 0 bridgehead atoms. The maximum Gasteiger partial charge on any atom is 0.325 e. The number of rotatable bonds is 4. The molecule has 0 fully saturated rings. The molecule has 1 aromatic rings. The molecule has 0 atom stereocenters. The summed E-state index contributed by atoms with van der Waals surface area (Å²) in [6.07, 6.45) is 0. The highest BCUT2D eigenvalue weighted by molar-refractivity contribution is 5.98. The van der Waals surface area contributed by atoms with Gasteiger partial charge in [-0.2, -0.15) is 0 Å². The Labute approximate surface area is 97.8 Å². The summed E-state index contributed by atoms with van der Waals surface area (Å²) in [5.74, 6) is -1.65. The van der Waals surface area contributed by atoms with E-state index in [1.54, 1.807) is 6.92 Å². The number of esters is 1. The molecule has 1 amide bonds. The fourth-order valence-corrected chi connectivity index (χ4v) is 1.17. The van der Waals surface area contributed by atoms with Crippen molar-refractivity contribution in [2.24, 2.45) is 0 Å². The van der Waals surface area contributed by atoms with E-state index in [1.165, 1.54) is 12.1 Å². The Hall–Kier alpha value is -2.24. The number of carbonyl (C=O) groups excluding carboxylic acids is 2. The second-order valence-corrected chi connectivity index (χ2v) is 3.19. The van der Waals surface area contributed by atoms with E-state index in [1.807, 2.05) is 0 Å². The zero-order chi connectivity index (χ0) is 12.8. The molecule has 6 heteroatoms. The number of aromatic hydroxyl groups is 2. The lowest BCUT2D eigenvalue weighted by molar-refractivity contribution is -0.141. The molecule has 0 aromatic heterocycles. The van der Waals surface area contributed by atoms with Gasteiger partial charge >= 0.3 is 5.97 Å². The largest absolute Gasteiger partial charge is 0.508 e. The van der Waals surface area contributed by atoms with E-state index < -0.39 is 11.9 Å². The third-order valence-corrected chi connectivity index (χ3v) is 1.92. The molecule has 0 saturated heterocycles. The molecule has 6 nitrogen and oxygen atoms in total. The van der Waals surface area contributed by atoms with Gasteiger partial charge in [0, 0.05) is 0 Å². The van der Waals surface area contributed by atoms with Crippen molar-refractivity contribution in [2.75, 3.05) is 13.2 Å². The van der Waals surface area contributed by atoms with Crippen molar-refractivity contribution in [1.29, 1.82) is 0 Å². The van der Waals surface area contributed by atoms with E-state index in [0.717, 1.165) is 6.07 Å². The van der Waals surface area contributed by atoms with Gasteiger partial charge in [-0.25, -0.2) is 0 Å². The van der Waals surface area contributed by atoms with Crippen molar-refractivity contribution in [3.8, 4) is 11.5 Å². The fraction of sp³-hybridized carbons (Fsp3) is 0.273. The average molecular weight is 239 g/mol. The van der Waals surface area contributed by atoms with E-state index in [9.17, 15) is 14.7 Å². The van der Waals surface area contributed by atoms with Crippen LogP contribution in [0.3, 0.4) is 0 Å². The summed E-state index contributed by atoms with van der Waals surface area (Å²) in [5, 5.41) is 20.8. The van der Waals surface area contributed by atoms with Crippen molar-refractivity contribution in [2.45, 2.75) is 6.92 Å². The van der Waals surface area contributed by atoms with E-state index in [4.69, 9.17) is 5.11 Å². The van der Waals surface area contributed by atoms with Crippen LogP contribution in [0.2, 0.25) is 0 Å². The minimum Gasteiger partial charge on any atom is -0.508 e. The summed E-state index contributed by atoms with van der Waals surface area (Å²) in [5.41, 5.74) is -0.103. The van der Waals surface area contributed by atoms with Crippen LogP contribution >= 0.6 is 0 Å². The summed E-state index contributed by atoms with van der Waals surface area (Å²) >= 11 is 0. The second kappa shape index (κ2) is 5.74. The predicted molar refractivity (Wildman–Crippen MR) is 58.7 cm³/mol. The van der Waals surface area contributed by atoms with E-state index in [0.29, 0.717) is 0 Å². The SMILES string of the molecule is CCOC(=O)CNC(=O)c1cc(O)ccc1O. The molecular weight excluding hydrogens is 226 g/mol. The Kier molecular flexibility index (Phi) is 4.33. The van der Waals surface area contributed by atoms with Crippen molar-refractivity contribution >= 4 is 11.9 Å². The van der Waals surface area contributed by atoms with Gasteiger partial charge in [0.1, 0.15) is 18.0 Å². The summed E-state index contributed by atoms with van der Waals surface area (Å²) in [7, 11) is 0.